The Kier molecular flexibility index (Phi) is 9.85. The van der Waals surface area contributed by atoms with Crippen molar-refractivity contribution in [3.63, 3.8) is 0 Å². The number of thioether (sulfide) groups is 1. The molecule has 212 valence electrons. The molecule has 0 atom stereocenters. The highest BCUT2D eigenvalue weighted by atomic mass is 35.5. The molecule has 0 unspecified atom stereocenters. The quantitative estimate of drug-likeness (QED) is 0.0956. The Morgan fingerprint density at radius 2 is 1.26 bits per heavy atom. The number of nitrogens with one attached hydrogen (secondary N) is 2. The molecule has 7 heteroatoms. The van der Waals surface area contributed by atoms with E-state index in [2.05, 4.69) is 10.6 Å². The minimum Gasteiger partial charge on any atom is -0.321 e. The Labute approximate surface area is 259 Å². The van der Waals surface area contributed by atoms with Gasteiger partial charge in [-0.2, -0.15) is 0 Å². The first-order valence-corrected chi connectivity index (χ1v) is 14.9. The van der Waals surface area contributed by atoms with Crippen LogP contribution in [-0.2, 0) is 4.79 Å². The minimum atomic E-state index is -0.501. The fourth-order valence-corrected chi connectivity index (χ4v) is 5.22. The molecule has 0 aromatic heterocycles. The maximum atomic E-state index is 13.3. The monoisotopic (exact) mass is 602 g/mol. The number of hydrogen-bond donors (Lipinski definition) is 2. The Hall–Kier alpha value is -4.91. The Morgan fingerprint density at radius 3 is 1.93 bits per heavy atom. The van der Waals surface area contributed by atoms with Crippen molar-refractivity contribution in [1.29, 1.82) is 0 Å². The lowest BCUT2D eigenvalue weighted by Crippen LogP contribution is -2.30. The van der Waals surface area contributed by atoms with Crippen molar-refractivity contribution >= 4 is 52.7 Å². The van der Waals surface area contributed by atoms with Gasteiger partial charge in [-0.1, -0.05) is 103 Å². The van der Waals surface area contributed by atoms with Crippen molar-refractivity contribution in [3.05, 3.63) is 161 Å². The fraction of sp³-hybridized carbons (Fsp3) is 0.0278. The van der Waals surface area contributed by atoms with Crippen molar-refractivity contribution in [3.8, 4) is 11.1 Å². The van der Waals surface area contributed by atoms with Crippen LogP contribution in [0.2, 0.25) is 5.02 Å². The zero-order valence-electron chi connectivity index (χ0n) is 23.0. The van der Waals surface area contributed by atoms with Gasteiger partial charge in [0.25, 0.3) is 11.8 Å². The van der Waals surface area contributed by atoms with Crippen LogP contribution in [0.15, 0.2) is 144 Å². The van der Waals surface area contributed by atoms with E-state index in [1.165, 1.54) is 11.8 Å². The van der Waals surface area contributed by atoms with Crippen LogP contribution in [0.4, 0.5) is 5.69 Å². The summed E-state index contributed by atoms with van der Waals surface area (Å²) >= 11 is 7.73. The number of ketones is 1. The first kappa shape index (κ1) is 29.6. The molecule has 0 saturated carbocycles. The Balaban J connectivity index is 1.22. The van der Waals surface area contributed by atoms with E-state index in [4.69, 9.17) is 11.6 Å². The van der Waals surface area contributed by atoms with Gasteiger partial charge in [0, 0.05) is 26.7 Å². The molecule has 0 spiro atoms. The third kappa shape index (κ3) is 8.10. The number of carbonyl (C=O) groups excluding carboxylic acids is 3. The SMILES string of the molecule is O=C(Nc1ccc(SCC(=O)c2ccc(-c3ccccc3)cc2)cc1)/C(=C/c1ccccc1Cl)NC(=O)c1ccccc1. The van der Waals surface area contributed by atoms with E-state index in [0.717, 1.165) is 16.0 Å². The number of halogens is 1. The highest BCUT2D eigenvalue weighted by molar-refractivity contribution is 8.00. The van der Waals surface area contributed by atoms with Gasteiger partial charge >= 0.3 is 0 Å². The molecule has 5 rings (SSSR count). The second kappa shape index (κ2) is 14.3. The predicted molar refractivity (Wildman–Crippen MR) is 175 cm³/mol. The summed E-state index contributed by atoms with van der Waals surface area (Å²) < 4.78 is 0. The lowest BCUT2D eigenvalue weighted by molar-refractivity contribution is -0.113. The highest BCUT2D eigenvalue weighted by Gasteiger charge is 2.16. The lowest BCUT2D eigenvalue weighted by Gasteiger charge is -2.12. The van der Waals surface area contributed by atoms with Gasteiger partial charge in [0.1, 0.15) is 5.70 Å². The van der Waals surface area contributed by atoms with Crippen LogP contribution in [0.5, 0.6) is 0 Å². The van der Waals surface area contributed by atoms with Crippen LogP contribution >= 0.6 is 23.4 Å². The maximum absolute atomic E-state index is 13.3. The summed E-state index contributed by atoms with van der Waals surface area (Å²) in [6, 6.07) is 40.6. The summed E-state index contributed by atoms with van der Waals surface area (Å²) in [5, 5.41) is 5.99. The summed E-state index contributed by atoms with van der Waals surface area (Å²) in [7, 11) is 0. The largest absolute Gasteiger partial charge is 0.321 e. The normalized spacial score (nSPS) is 11.0. The van der Waals surface area contributed by atoms with Crippen molar-refractivity contribution in [1.82, 2.24) is 5.32 Å². The second-order valence-corrected chi connectivity index (χ2v) is 11.0. The number of anilines is 1. The van der Waals surface area contributed by atoms with Gasteiger partial charge in [0.15, 0.2) is 5.78 Å². The number of benzene rings is 5. The third-order valence-corrected chi connectivity index (χ3v) is 7.89. The third-order valence-electron chi connectivity index (χ3n) is 6.53. The smallest absolute Gasteiger partial charge is 0.272 e. The number of Topliss-reactive ketones (excluding diaryl/α,β-unsaturated/α-hetero) is 1. The summed E-state index contributed by atoms with van der Waals surface area (Å²) in [6.45, 7) is 0. The Bertz CT molecular complexity index is 1750. The van der Waals surface area contributed by atoms with Gasteiger partial charge in [-0.15, -0.1) is 11.8 Å². The van der Waals surface area contributed by atoms with Crippen molar-refractivity contribution < 1.29 is 14.4 Å². The standard InChI is InChI=1S/C36H27ClN2O3S/c37-32-14-8-7-13-29(32)23-33(39-35(41)28-11-5-2-6-12-28)36(42)38-30-19-21-31(22-20-30)43-24-34(40)27-17-15-26(16-18-27)25-9-3-1-4-10-25/h1-23H,24H2,(H,38,42)(H,39,41)/b33-23-. The predicted octanol–water partition coefficient (Wildman–Crippen LogP) is 8.39. The molecule has 0 aliphatic heterocycles. The molecule has 0 fully saturated rings. The average molecular weight is 603 g/mol. The Morgan fingerprint density at radius 1 is 0.651 bits per heavy atom. The lowest BCUT2D eigenvalue weighted by atomic mass is 10.0. The van der Waals surface area contributed by atoms with Gasteiger partial charge in [0.2, 0.25) is 0 Å². The maximum Gasteiger partial charge on any atom is 0.272 e. The molecular formula is C36H27ClN2O3S. The van der Waals surface area contributed by atoms with E-state index in [0.29, 0.717) is 27.4 Å². The second-order valence-electron chi connectivity index (χ2n) is 9.53. The van der Waals surface area contributed by atoms with E-state index in [1.807, 2.05) is 72.8 Å². The zero-order valence-corrected chi connectivity index (χ0v) is 24.6. The molecule has 5 aromatic carbocycles. The molecule has 0 saturated heterocycles. The summed E-state index contributed by atoms with van der Waals surface area (Å²) in [5.41, 5.74) is 4.42. The van der Waals surface area contributed by atoms with Crippen molar-refractivity contribution in [2.75, 3.05) is 11.1 Å². The first-order chi connectivity index (χ1) is 21.0. The zero-order chi connectivity index (χ0) is 30.0. The van der Waals surface area contributed by atoms with E-state index in [-0.39, 0.29) is 17.2 Å². The van der Waals surface area contributed by atoms with E-state index in [9.17, 15) is 14.4 Å². The number of hydrogen-bond acceptors (Lipinski definition) is 4. The molecule has 0 radical (unpaired) electrons. The van der Waals surface area contributed by atoms with Crippen LogP contribution in [0, 0.1) is 0 Å². The first-order valence-electron chi connectivity index (χ1n) is 13.5. The van der Waals surface area contributed by atoms with Crippen molar-refractivity contribution in [2.45, 2.75) is 4.90 Å². The molecule has 5 aromatic rings. The molecule has 0 aliphatic rings. The summed E-state index contributed by atoms with van der Waals surface area (Å²) in [5.74, 6) is -0.600. The highest BCUT2D eigenvalue weighted by Crippen LogP contribution is 2.24. The van der Waals surface area contributed by atoms with Gasteiger partial charge in [-0.3, -0.25) is 14.4 Å². The van der Waals surface area contributed by atoms with Gasteiger partial charge in [-0.05, 0) is 65.2 Å². The molecule has 5 nitrogen and oxygen atoms in total. The van der Waals surface area contributed by atoms with E-state index >= 15 is 0 Å². The van der Waals surface area contributed by atoms with E-state index < -0.39 is 11.8 Å². The minimum absolute atomic E-state index is 0.0329. The van der Waals surface area contributed by atoms with Crippen LogP contribution in [-0.4, -0.2) is 23.4 Å². The van der Waals surface area contributed by atoms with Crippen LogP contribution in [0.1, 0.15) is 26.3 Å². The fourth-order valence-electron chi connectivity index (χ4n) is 4.23. The summed E-state index contributed by atoms with van der Waals surface area (Å²) in [4.78, 5) is 39.8. The molecule has 2 amide bonds. The average Bonchev–Trinajstić information content (AvgIpc) is 3.05. The van der Waals surface area contributed by atoms with Gasteiger partial charge in [-0.25, -0.2) is 0 Å². The molecule has 0 aliphatic carbocycles. The number of rotatable bonds is 10. The molecule has 0 bridgehead atoms. The van der Waals surface area contributed by atoms with Gasteiger partial charge in [0.05, 0.1) is 5.75 Å². The van der Waals surface area contributed by atoms with E-state index in [1.54, 1.807) is 66.7 Å². The molecular weight excluding hydrogens is 576 g/mol. The molecule has 2 N–H and O–H groups in total. The van der Waals surface area contributed by atoms with Crippen LogP contribution < -0.4 is 10.6 Å². The molecule has 0 heterocycles. The summed E-state index contributed by atoms with van der Waals surface area (Å²) in [6.07, 6.45) is 1.54. The topological polar surface area (TPSA) is 75.3 Å². The van der Waals surface area contributed by atoms with Gasteiger partial charge < -0.3 is 10.6 Å². The van der Waals surface area contributed by atoms with Crippen LogP contribution in [0.3, 0.4) is 0 Å². The molecule has 43 heavy (non-hydrogen) atoms. The van der Waals surface area contributed by atoms with Crippen LogP contribution in [0.25, 0.3) is 17.2 Å². The van der Waals surface area contributed by atoms with Crippen molar-refractivity contribution in [2.24, 2.45) is 0 Å². The number of carbonyl (C=O) groups is 3. The number of amides is 2.